The standard InChI is InChI=1S/C17H22N2O4S/c1-2-3-10-19(12-11-18(21)14-20)24(22,23)17-9-8-15-6-4-5-7-16(15)13-17/h4-9,13-14,21H,2-3,10-12H2,1H3. The number of nitrogens with zero attached hydrogens (tertiary/aromatic N) is 2. The van der Waals surface area contributed by atoms with Crippen LogP contribution in [0.15, 0.2) is 47.4 Å². The third kappa shape index (κ3) is 4.31. The van der Waals surface area contributed by atoms with Crippen LogP contribution in [0.25, 0.3) is 10.8 Å². The van der Waals surface area contributed by atoms with Gasteiger partial charge in [0.2, 0.25) is 16.4 Å². The third-order valence-electron chi connectivity index (χ3n) is 3.82. The smallest absolute Gasteiger partial charge is 0.243 e. The van der Waals surface area contributed by atoms with Crippen LogP contribution in [0.3, 0.4) is 0 Å². The fraction of sp³-hybridized carbons (Fsp3) is 0.353. The Hall–Kier alpha value is -1.96. The van der Waals surface area contributed by atoms with Gasteiger partial charge in [-0.25, -0.2) is 13.5 Å². The molecule has 0 aliphatic carbocycles. The number of fused-ring (bicyclic) bond motifs is 1. The van der Waals surface area contributed by atoms with E-state index in [0.717, 1.165) is 17.2 Å². The highest BCUT2D eigenvalue weighted by Gasteiger charge is 2.24. The number of carbonyl (C=O) groups excluding carboxylic acids is 1. The number of sulfonamides is 1. The number of rotatable bonds is 9. The molecule has 0 heterocycles. The Kier molecular flexibility index (Phi) is 6.30. The molecule has 7 heteroatoms. The number of amides is 1. The van der Waals surface area contributed by atoms with E-state index in [0.29, 0.717) is 18.0 Å². The molecule has 1 amide bonds. The van der Waals surface area contributed by atoms with E-state index in [-0.39, 0.29) is 24.4 Å². The zero-order valence-corrected chi connectivity index (χ0v) is 14.4. The van der Waals surface area contributed by atoms with Gasteiger partial charge in [-0.1, -0.05) is 43.7 Å². The zero-order chi connectivity index (χ0) is 17.6. The predicted octanol–water partition coefficient (Wildman–Crippen LogP) is 2.48. The Morgan fingerprint density at radius 3 is 2.42 bits per heavy atom. The van der Waals surface area contributed by atoms with Gasteiger partial charge in [-0.3, -0.25) is 10.0 Å². The Labute approximate surface area is 142 Å². The Morgan fingerprint density at radius 2 is 1.75 bits per heavy atom. The molecule has 1 N–H and O–H groups in total. The van der Waals surface area contributed by atoms with Crippen LogP contribution in [0.1, 0.15) is 19.8 Å². The van der Waals surface area contributed by atoms with Crippen LogP contribution in [0.2, 0.25) is 0 Å². The molecule has 6 nitrogen and oxygen atoms in total. The monoisotopic (exact) mass is 350 g/mol. The van der Waals surface area contributed by atoms with Gasteiger partial charge in [0.25, 0.3) is 0 Å². The number of hydroxylamine groups is 2. The van der Waals surface area contributed by atoms with Gasteiger partial charge in [-0.2, -0.15) is 4.31 Å². The van der Waals surface area contributed by atoms with Crippen molar-refractivity contribution in [2.24, 2.45) is 0 Å². The van der Waals surface area contributed by atoms with Crippen LogP contribution in [-0.4, -0.2) is 49.0 Å². The SMILES string of the molecule is CCCCN(CCN(O)C=O)S(=O)(=O)c1ccc2ccccc2c1. The largest absolute Gasteiger partial charge is 0.286 e. The summed E-state index contributed by atoms with van der Waals surface area (Å²) in [7, 11) is -3.69. The van der Waals surface area contributed by atoms with Crippen LogP contribution >= 0.6 is 0 Å². The van der Waals surface area contributed by atoms with E-state index < -0.39 is 10.0 Å². The number of carbonyl (C=O) groups is 1. The lowest BCUT2D eigenvalue weighted by Gasteiger charge is -2.23. The maximum absolute atomic E-state index is 12.9. The van der Waals surface area contributed by atoms with Gasteiger partial charge in [0.15, 0.2) is 0 Å². The van der Waals surface area contributed by atoms with Crippen molar-refractivity contribution in [3.63, 3.8) is 0 Å². The highest BCUT2D eigenvalue weighted by atomic mass is 32.2. The summed E-state index contributed by atoms with van der Waals surface area (Å²) >= 11 is 0. The average molecular weight is 350 g/mol. The van der Waals surface area contributed by atoms with Gasteiger partial charge in [-0.05, 0) is 29.3 Å². The number of hydrogen-bond donors (Lipinski definition) is 1. The molecular formula is C17H22N2O4S. The second kappa shape index (κ2) is 8.23. The molecule has 0 aliphatic heterocycles. The molecule has 0 unspecified atom stereocenters. The highest BCUT2D eigenvalue weighted by Crippen LogP contribution is 2.22. The van der Waals surface area contributed by atoms with Crippen LogP contribution in [0.4, 0.5) is 0 Å². The zero-order valence-electron chi connectivity index (χ0n) is 13.6. The highest BCUT2D eigenvalue weighted by molar-refractivity contribution is 7.89. The minimum atomic E-state index is -3.69. The molecule has 0 bridgehead atoms. The number of unbranched alkanes of at least 4 members (excludes halogenated alkanes) is 1. The quantitative estimate of drug-likeness (QED) is 0.428. The van der Waals surface area contributed by atoms with Gasteiger partial charge in [-0.15, -0.1) is 0 Å². The summed E-state index contributed by atoms with van der Waals surface area (Å²) in [6, 6.07) is 12.6. The molecular weight excluding hydrogens is 328 g/mol. The van der Waals surface area contributed by atoms with Crippen LogP contribution in [0.5, 0.6) is 0 Å². The number of benzene rings is 2. The third-order valence-corrected chi connectivity index (χ3v) is 5.71. The molecule has 0 atom stereocenters. The fourth-order valence-corrected chi connectivity index (χ4v) is 3.94. The van der Waals surface area contributed by atoms with Gasteiger partial charge in [0.05, 0.1) is 11.4 Å². The van der Waals surface area contributed by atoms with E-state index >= 15 is 0 Å². The Bertz CT molecular complexity index is 792. The maximum Gasteiger partial charge on any atom is 0.243 e. The predicted molar refractivity (Wildman–Crippen MR) is 92.2 cm³/mol. The van der Waals surface area contributed by atoms with Crippen molar-refractivity contribution in [1.82, 2.24) is 9.37 Å². The van der Waals surface area contributed by atoms with Crippen LogP contribution in [0, 0.1) is 0 Å². The Morgan fingerprint density at radius 1 is 1.04 bits per heavy atom. The summed E-state index contributed by atoms with van der Waals surface area (Å²) in [6.45, 7) is 2.30. The first-order chi connectivity index (χ1) is 11.5. The molecule has 0 aromatic heterocycles. The van der Waals surface area contributed by atoms with Crippen LogP contribution in [-0.2, 0) is 14.8 Å². The first kappa shape index (κ1) is 18.4. The molecule has 0 saturated heterocycles. The molecule has 2 aromatic carbocycles. The first-order valence-corrected chi connectivity index (χ1v) is 9.33. The number of hydrogen-bond acceptors (Lipinski definition) is 4. The van der Waals surface area contributed by atoms with Crippen molar-refractivity contribution in [3.8, 4) is 0 Å². The lowest BCUT2D eigenvalue weighted by Crippen LogP contribution is -2.38. The van der Waals surface area contributed by atoms with E-state index in [1.54, 1.807) is 18.2 Å². The lowest BCUT2D eigenvalue weighted by atomic mass is 10.1. The molecule has 130 valence electrons. The summed E-state index contributed by atoms with van der Waals surface area (Å²) in [5.41, 5.74) is 0. The summed E-state index contributed by atoms with van der Waals surface area (Å²) in [5, 5.41) is 11.5. The molecule has 0 spiro atoms. The van der Waals surface area contributed by atoms with Gasteiger partial charge in [0.1, 0.15) is 0 Å². The van der Waals surface area contributed by atoms with E-state index in [1.807, 2.05) is 31.2 Å². The topological polar surface area (TPSA) is 77.9 Å². The second-order valence-electron chi connectivity index (χ2n) is 5.54. The molecule has 2 aromatic rings. The van der Waals surface area contributed by atoms with E-state index in [4.69, 9.17) is 0 Å². The minimum absolute atomic E-state index is 0.0460. The van der Waals surface area contributed by atoms with E-state index in [9.17, 15) is 18.4 Å². The Balaban J connectivity index is 2.31. The average Bonchev–Trinajstić information content (AvgIpc) is 2.60. The van der Waals surface area contributed by atoms with Crippen molar-refractivity contribution >= 4 is 27.2 Å². The molecule has 0 saturated carbocycles. The second-order valence-corrected chi connectivity index (χ2v) is 7.47. The summed E-state index contributed by atoms with van der Waals surface area (Å²) in [5.74, 6) is 0. The van der Waals surface area contributed by atoms with Crippen molar-refractivity contribution in [1.29, 1.82) is 0 Å². The van der Waals surface area contributed by atoms with Gasteiger partial charge in [0, 0.05) is 13.1 Å². The molecule has 0 fully saturated rings. The van der Waals surface area contributed by atoms with Gasteiger partial charge >= 0.3 is 0 Å². The fourth-order valence-electron chi connectivity index (χ4n) is 2.43. The van der Waals surface area contributed by atoms with Crippen molar-refractivity contribution in [3.05, 3.63) is 42.5 Å². The summed E-state index contributed by atoms with van der Waals surface area (Å²) < 4.78 is 27.2. The molecule has 2 rings (SSSR count). The molecule has 0 radical (unpaired) electrons. The summed E-state index contributed by atoms with van der Waals surface area (Å²) in [6.07, 6.45) is 1.82. The molecule has 0 aliphatic rings. The first-order valence-electron chi connectivity index (χ1n) is 7.89. The van der Waals surface area contributed by atoms with Crippen molar-refractivity contribution in [2.45, 2.75) is 24.7 Å². The van der Waals surface area contributed by atoms with Crippen molar-refractivity contribution < 1.29 is 18.4 Å². The minimum Gasteiger partial charge on any atom is -0.286 e. The molecule has 24 heavy (non-hydrogen) atoms. The van der Waals surface area contributed by atoms with Crippen molar-refractivity contribution in [2.75, 3.05) is 19.6 Å². The van der Waals surface area contributed by atoms with Gasteiger partial charge < -0.3 is 0 Å². The summed E-state index contributed by atoms with van der Waals surface area (Å²) in [4.78, 5) is 10.7. The van der Waals surface area contributed by atoms with E-state index in [1.165, 1.54) is 4.31 Å². The normalized spacial score (nSPS) is 11.8. The van der Waals surface area contributed by atoms with E-state index in [2.05, 4.69) is 0 Å². The lowest BCUT2D eigenvalue weighted by molar-refractivity contribution is -0.149. The van der Waals surface area contributed by atoms with Crippen LogP contribution < -0.4 is 0 Å². The maximum atomic E-state index is 12.9.